The summed E-state index contributed by atoms with van der Waals surface area (Å²) < 4.78 is 0. The van der Waals surface area contributed by atoms with Gasteiger partial charge in [0.15, 0.2) is 0 Å². The Kier molecular flexibility index (Phi) is 2.97. The molecule has 72 valence electrons. The van der Waals surface area contributed by atoms with E-state index in [1.54, 1.807) is 0 Å². The van der Waals surface area contributed by atoms with Crippen LogP contribution in [0.25, 0.3) is 0 Å². The van der Waals surface area contributed by atoms with Crippen molar-refractivity contribution in [3.8, 4) is 0 Å². The minimum absolute atomic E-state index is 0.173. The molecule has 1 heterocycles. The second-order valence-electron chi connectivity index (χ2n) is 2.80. The fraction of sp³-hybridized carbons (Fsp3) is 0.571. The first-order chi connectivity index (χ1) is 6.11. The minimum atomic E-state index is 0.173. The maximum atomic E-state index is 5.42. The second kappa shape index (κ2) is 3.99. The maximum Gasteiger partial charge on any atom is 0.225 e. The molecule has 0 aliphatic heterocycles. The Balaban J connectivity index is 2.77. The van der Waals surface area contributed by atoms with Crippen LogP contribution in [0, 0.1) is 0 Å². The summed E-state index contributed by atoms with van der Waals surface area (Å²) in [4.78, 5) is 13.6. The van der Waals surface area contributed by atoms with Crippen LogP contribution in [0.1, 0.15) is 12.7 Å². The highest BCUT2D eigenvalue weighted by Crippen LogP contribution is 2.00. The molecule has 0 aliphatic rings. The number of hydrogen-bond donors (Lipinski definition) is 2. The zero-order valence-electron chi connectivity index (χ0n) is 7.86. The molecule has 0 saturated carbocycles. The molecule has 0 aromatic carbocycles. The van der Waals surface area contributed by atoms with Crippen molar-refractivity contribution in [1.29, 1.82) is 0 Å². The standard InChI is InChI=1S/C7H14N6/c1-3-13(2)4-5-10-6(8)12-7(9)11-5/h3-4H2,1-2H3,(H4,8,9,10,11,12). The smallest absolute Gasteiger partial charge is 0.225 e. The van der Waals surface area contributed by atoms with E-state index in [1.165, 1.54) is 0 Å². The van der Waals surface area contributed by atoms with Crippen LogP contribution in [0.4, 0.5) is 11.9 Å². The molecule has 0 spiro atoms. The van der Waals surface area contributed by atoms with Gasteiger partial charge >= 0.3 is 0 Å². The Morgan fingerprint density at radius 2 is 1.69 bits per heavy atom. The van der Waals surface area contributed by atoms with Crippen molar-refractivity contribution in [2.24, 2.45) is 0 Å². The predicted molar refractivity (Wildman–Crippen MR) is 50.7 cm³/mol. The average molecular weight is 182 g/mol. The van der Waals surface area contributed by atoms with Crippen LogP contribution in [0.5, 0.6) is 0 Å². The summed E-state index contributed by atoms with van der Waals surface area (Å²) in [6.07, 6.45) is 0. The van der Waals surface area contributed by atoms with Gasteiger partial charge in [-0.2, -0.15) is 15.0 Å². The number of rotatable bonds is 3. The highest BCUT2D eigenvalue weighted by molar-refractivity contribution is 5.25. The molecule has 0 radical (unpaired) electrons. The number of nitrogens with two attached hydrogens (primary N) is 2. The van der Waals surface area contributed by atoms with Gasteiger partial charge in [-0.05, 0) is 13.6 Å². The molecule has 0 amide bonds. The molecule has 6 heteroatoms. The molecule has 0 atom stereocenters. The lowest BCUT2D eigenvalue weighted by atomic mass is 10.5. The number of aromatic nitrogens is 3. The molecule has 0 saturated heterocycles. The quantitative estimate of drug-likeness (QED) is 0.653. The van der Waals surface area contributed by atoms with Gasteiger partial charge in [-0.3, -0.25) is 4.90 Å². The zero-order valence-corrected chi connectivity index (χ0v) is 7.86. The predicted octanol–water partition coefficient (Wildman–Crippen LogP) is -0.512. The van der Waals surface area contributed by atoms with Gasteiger partial charge in [-0.25, -0.2) is 0 Å². The lowest BCUT2D eigenvalue weighted by Gasteiger charge is -2.12. The van der Waals surface area contributed by atoms with Gasteiger partial charge in [0, 0.05) is 0 Å². The van der Waals surface area contributed by atoms with E-state index in [0.29, 0.717) is 12.4 Å². The summed E-state index contributed by atoms with van der Waals surface area (Å²) in [7, 11) is 1.97. The van der Waals surface area contributed by atoms with Crippen molar-refractivity contribution in [2.75, 3.05) is 25.1 Å². The monoisotopic (exact) mass is 182 g/mol. The van der Waals surface area contributed by atoms with E-state index >= 15 is 0 Å². The largest absolute Gasteiger partial charge is 0.368 e. The lowest BCUT2D eigenvalue weighted by molar-refractivity contribution is 0.336. The van der Waals surface area contributed by atoms with Gasteiger partial charge < -0.3 is 11.5 Å². The molecule has 6 nitrogen and oxygen atoms in total. The van der Waals surface area contributed by atoms with Crippen LogP contribution in [-0.2, 0) is 6.54 Å². The Morgan fingerprint density at radius 3 is 2.15 bits per heavy atom. The SMILES string of the molecule is CCN(C)Cc1nc(N)nc(N)n1. The lowest BCUT2D eigenvalue weighted by Crippen LogP contribution is -2.19. The van der Waals surface area contributed by atoms with Crippen molar-refractivity contribution < 1.29 is 0 Å². The summed E-state index contributed by atoms with van der Waals surface area (Å²) in [6, 6.07) is 0. The normalized spacial score (nSPS) is 10.7. The Morgan fingerprint density at radius 1 is 1.15 bits per heavy atom. The first kappa shape index (κ1) is 9.66. The molecule has 0 unspecified atom stereocenters. The van der Waals surface area contributed by atoms with Crippen molar-refractivity contribution in [3.05, 3.63) is 5.82 Å². The van der Waals surface area contributed by atoms with Gasteiger partial charge in [0.2, 0.25) is 11.9 Å². The molecule has 0 bridgehead atoms. The summed E-state index contributed by atoms with van der Waals surface area (Å²) in [5.41, 5.74) is 10.8. The average Bonchev–Trinajstić information content (AvgIpc) is 2.02. The molecule has 13 heavy (non-hydrogen) atoms. The second-order valence-corrected chi connectivity index (χ2v) is 2.80. The minimum Gasteiger partial charge on any atom is -0.368 e. The van der Waals surface area contributed by atoms with Gasteiger partial charge in [0.1, 0.15) is 5.82 Å². The molecule has 1 aromatic heterocycles. The molecular weight excluding hydrogens is 168 g/mol. The Bertz CT molecular complexity index is 266. The highest BCUT2D eigenvalue weighted by atomic mass is 15.2. The third kappa shape index (κ3) is 2.83. The van der Waals surface area contributed by atoms with Crippen LogP contribution in [0.2, 0.25) is 0 Å². The van der Waals surface area contributed by atoms with E-state index in [1.807, 2.05) is 18.9 Å². The van der Waals surface area contributed by atoms with E-state index in [0.717, 1.165) is 6.54 Å². The zero-order chi connectivity index (χ0) is 9.84. The summed E-state index contributed by atoms with van der Waals surface area (Å²) in [5, 5.41) is 0. The fourth-order valence-electron chi connectivity index (χ4n) is 0.881. The summed E-state index contributed by atoms with van der Waals surface area (Å²) >= 11 is 0. The Labute approximate surface area is 77.0 Å². The van der Waals surface area contributed by atoms with Crippen LogP contribution in [0.15, 0.2) is 0 Å². The number of hydrogen-bond acceptors (Lipinski definition) is 6. The van der Waals surface area contributed by atoms with Crippen molar-refractivity contribution in [1.82, 2.24) is 19.9 Å². The van der Waals surface area contributed by atoms with E-state index in [4.69, 9.17) is 11.5 Å². The van der Waals surface area contributed by atoms with E-state index in [-0.39, 0.29) is 11.9 Å². The van der Waals surface area contributed by atoms with Crippen LogP contribution >= 0.6 is 0 Å². The third-order valence-electron chi connectivity index (χ3n) is 1.67. The van der Waals surface area contributed by atoms with Crippen molar-refractivity contribution >= 4 is 11.9 Å². The van der Waals surface area contributed by atoms with Crippen LogP contribution in [-0.4, -0.2) is 33.4 Å². The van der Waals surface area contributed by atoms with Crippen molar-refractivity contribution in [2.45, 2.75) is 13.5 Å². The van der Waals surface area contributed by atoms with Gasteiger partial charge in [-0.1, -0.05) is 6.92 Å². The molecular formula is C7H14N6. The molecule has 1 rings (SSSR count). The van der Waals surface area contributed by atoms with Crippen LogP contribution in [0.3, 0.4) is 0 Å². The Hall–Kier alpha value is -1.43. The van der Waals surface area contributed by atoms with Gasteiger partial charge in [0.05, 0.1) is 6.54 Å². The van der Waals surface area contributed by atoms with Crippen molar-refractivity contribution in [3.63, 3.8) is 0 Å². The summed E-state index contributed by atoms with van der Waals surface area (Å²) in [6.45, 7) is 3.60. The fourth-order valence-corrected chi connectivity index (χ4v) is 0.881. The number of anilines is 2. The maximum absolute atomic E-state index is 5.42. The molecule has 0 fully saturated rings. The summed E-state index contributed by atoms with van der Waals surface area (Å²) in [5.74, 6) is 0.952. The number of nitrogen functional groups attached to an aromatic ring is 2. The molecule has 0 aliphatic carbocycles. The first-order valence-corrected chi connectivity index (χ1v) is 4.06. The molecule has 1 aromatic rings. The van der Waals surface area contributed by atoms with E-state index in [2.05, 4.69) is 15.0 Å². The first-order valence-electron chi connectivity index (χ1n) is 4.06. The van der Waals surface area contributed by atoms with Gasteiger partial charge in [-0.15, -0.1) is 0 Å². The third-order valence-corrected chi connectivity index (χ3v) is 1.67. The highest BCUT2D eigenvalue weighted by Gasteiger charge is 2.03. The van der Waals surface area contributed by atoms with Crippen LogP contribution < -0.4 is 11.5 Å². The van der Waals surface area contributed by atoms with E-state index < -0.39 is 0 Å². The topological polar surface area (TPSA) is 94.0 Å². The van der Waals surface area contributed by atoms with E-state index in [9.17, 15) is 0 Å². The van der Waals surface area contributed by atoms with Gasteiger partial charge in [0.25, 0.3) is 0 Å². The molecule has 4 N–H and O–H groups in total. The number of nitrogens with zero attached hydrogens (tertiary/aromatic N) is 4.